The summed E-state index contributed by atoms with van der Waals surface area (Å²) in [7, 11) is 0. The predicted octanol–water partition coefficient (Wildman–Crippen LogP) is 2.79. The minimum absolute atomic E-state index is 0.0215. The van der Waals surface area contributed by atoms with Gasteiger partial charge >= 0.3 is 0 Å². The van der Waals surface area contributed by atoms with Crippen LogP contribution in [0.15, 0.2) is 18.2 Å². The number of aliphatic hydroxyl groups excluding tert-OH is 1. The molecule has 2 N–H and O–H groups in total. The molecule has 4 rings (SSSR count). The fraction of sp³-hybridized carbons (Fsp3) is 0.611. The van der Waals surface area contributed by atoms with E-state index in [2.05, 4.69) is 6.92 Å². The predicted molar refractivity (Wildman–Crippen MR) is 79.1 cm³/mol. The van der Waals surface area contributed by atoms with Gasteiger partial charge in [-0.2, -0.15) is 0 Å². The monoisotopic (exact) mass is 286 g/mol. The van der Waals surface area contributed by atoms with Crippen LogP contribution in [0.1, 0.15) is 49.7 Å². The Bertz CT molecular complexity index is 608. The number of hydrogen-bond donors (Lipinski definition) is 2. The van der Waals surface area contributed by atoms with Gasteiger partial charge in [0.2, 0.25) is 0 Å². The first-order chi connectivity index (χ1) is 10.0. The number of hydrogen-bond acceptors (Lipinski definition) is 3. The van der Waals surface area contributed by atoms with Crippen LogP contribution in [0.3, 0.4) is 0 Å². The summed E-state index contributed by atoms with van der Waals surface area (Å²) in [6.07, 6.45) is 3.77. The highest BCUT2D eigenvalue weighted by Crippen LogP contribution is 2.59. The van der Waals surface area contributed by atoms with E-state index in [1.165, 1.54) is 11.1 Å². The third kappa shape index (κ3) is 1.73. The summed E-state index contributed by atoms with van der Waals surface area (Å²) in [5.41, 5.74) is 2.35. The SMILES string of the molecule is C[C@]12CC[C@@H]3c4ccc(O)cc4CC[C@H]3[C@@H]1C(=O)C[C@H]2O. The molecule has 21 heavy (non-hydrogen) atoms. The maximum absolute atomic E-state index is 12.4. The van der Waals surface area contributed by atoms with E-state index in [0.29, 0.717) is 24.0 Å². The maximum Gasteiger partial charge on any atom is 0.139 e. The van der Waals surface area contributed by atoms with Gasteiger partial charge < -0.3 is 10.2 Å². The van der Waals surface area contributed by atoms with Crippen molar-refractivity contribution in [1.82, 2.24) is 0 Å². The van der Waals surface area contributed by atoms with Crippen LogP contribution in [0.5, 0.6) is 5.75 Å². The molecule has 1 aromatic carbocycles. The third-order valence-electron chi connectivity index (χ3n) is 6.43. The molecule has 3 heteroatoms. The number of aryl methyl sites for hydroxylation is 1. The Labute approximate surface area is 125 Å². The highest BCUT2D eigenvalue weighted by molar-refractivity contribution is 5.86. The Kier molecular flexibility index (Phi) is 2.74. The molecular formula is C18H22O3. The van der Waals surface area contributed by atoms with Gasteiger partial charge in [0.25, 0.3) is 0 Å². The minimum atomic E-state index is -0.461. The molecule has 0 amide bonds. The molecule has 5 atom stereocenters. The Morgan fingerprint density at radius 1 is 1.29 bits per heavy atom. The van der Waals surface area contributed by atoms with Crippen molar-refractivity contribution in [2.24, 2.45) is 17.3 Å². The Hall–Kier alpha value is -1.35. The van der Waals surface area contributed by atoms with Crippen molar-refractivity contribution in [3.05, 3.63) is 29.3 Å². The van der Waals surface area contributed by atoms with Gasteiger partial charge in [-0.15, -0.1) is 0 Å². The molecule has 2 fully saturated rings. The van der Waals surface area contributed by atoms with Crippen molar-refractivity contribution in [1.29, 1.82) is 0 Å². The topological polar surface area (TPSA) is 57.5 Å². The average molecular weight is 286 g/mol. The van der Waals surface area contributed by atoms with Crippen LogP contribution < -0.4 is 0 Å². The lowest BCUT2D eigenvalue weighted by molar-refractivity contribution is -0.126. The van der Waals surface area contributed by atoms with E-state index in [1.807, 2.05) is 12.1 Å². The molecule has 0 unspecified atom stereocenters. The zero-order valence-corrected chi connectivity index (χ0v) is 12.4. The van der Waals surface area contributed by atoms with E-state index in [4.69, 9.17) is 0 Å². The van der Waals surface area contributed by atoms with Gasteiger partial charge in [-0.3, -0.25) is 4.79 Å². The normalized spacial score (nSPS) is 41.3. The van der Waals surface area contributed by atoms with E-state index in [9.17, 15) is 15.0 Å². The van der Waals surface area contributed by atoms with Crippen molar-refractivity contribution in [2.45, 2.75) is 51.0 Å². The first-order valence-corrected chi connectivity index (χ1v) is 8.03. The van der Waals surface area contributed by atoms with E-state index in [0.717, 1.165) is 25.7 Å². The molecule has 112 valence electrons. The first-order valence-electron chi connectivity index (χ1n) is 8.03. The largest absolute Gasteiger partial charge is 0.508 e. The number of aromatic hydroxyl groups is 1. The third-order valence-corrected chi connectivity index (χ3v) is 6.43. The van der Waals surface area contributed by atoms with Crippen LogP contribution >= 0.6 is 0 Å². The van der Waals surface area contributed by atoms with Crippen LogP contribution in [-0.2, 0) is 11.2 Å². The standard InChI is InChI=1S/C18H22O3/c1-18-7-6-13-12-5-3-11(19)8-10(12)2-4-14(13)17(18)15(20)9-16(18)21/h3,5,8,13-14,16-17,19,21H,2,4,6-7,9H2,1H3/t13-,14-,16-,17-,18-/m1/s1. The zero-order chi connectivity index (χ0) is 14.8. The van der Waals surface area contributed by atoms with Gasteiger partial charge in [-0.1, -0.05) is 13.0 Å². The van der Waals surface area contributed by atoms with Crippen LogP contribution in [0.4, 0.5) is 0 Å². The molecule has 0 saturated heterocycles. The molecule has 0 spiro atoms. The number of rotatable bonds is 0. The van der Waals surface area contributed by atoms with Gasteiger partial charge in [-0.25, -0.2) is 0 Å². The molecule has 3 aliphatic carbocycles. The van der Waals surface area contributed by atoms with Crippen molar-refractivity contribution in [2.75, 3.05) is 0 Å². The fourth-order valence-electron chi connectivity index (χ4n) is 5.34. The Morgan fingerprint density at radius 3 is 2.90 bits per heavy atom. The summed E-state index contributed by atoms with van der Waals surface area (Å²) in [6, 6.07) is 5.69. The molecule has 3 nitrogen and oxygen atoms in total. The van der Waals surface area contributed by atoms with Gasteiger partial charge in [0.1, 0.15) is 11.5 Å². The summed E-state index contributed by atoms with van der Waals surface area (Å²) < 4.78 is 0. The van der Waals surface area contributed by atoms with Crippen molar-refractivity contribution in [3.8, 4) is 5.75 Å². The highest BCUT2D eigenvalue weighted by atomic mass is 16.3. The van der Waals surface area contributed by atoms with Crippen molar-refractivity contribution in [3.63, 3.8) is 0 Å². The average Bonchev–Trinajstić information content (AvgIpc) is 2.68. The van der Waals surface area contributed by atoms with Gasteiger partial charge in [0.05, 0.1) is 6.10 Å². The summed E-state index contributed by atoms with van der Waals surface area (Å²) in [6.45, 7) is 2.11. The van der Waals surface area contributed by atoms with Crippen LogP contribution in [-0.4, -0.2) is 22.1 Å². The molecule has 0 aromatic heterocycles. The Balaban J connectivity index is 1.75. The minimum Gasteiger partial charge on any atom is -0.508 e. The number of phenolic OH excluding ortho intramolecular Hbond substituents is 1. The molecule has 0 radical (unpaired) electrons. The molecule has 3 aliphatic rings. The van der Waals surface area contributed by atoms with Crippen molar-refractivity contribution >= 4 is 5.78 Å². The molecular weight excluding hydrogens is 264 g/mol. The van der Waals surface area contributed by atoms with E-state index >= 15 is 0 Å². The second kappa shape index (κ2) is 4.33. The summed E-state index contributed by atoms with van der Waals surface area (Å²) in [5.74, 6) is 1.41. The van der Waals surface area contributed by atoms with Gasteiger partial charge in [-0.05, 0) is 60.8 Å². The van der Waals surface area contributed by atoms with Crippen LogP contribution in [0.25, 0.3) is 0 Å². The molecule has 1 aromatic rings. The summed E-state index contributed by atoms with van der Waals surface area (Å²) in [5, 5.41) is 20.0. The number of carbonyl (C=O) groups is 1. The lowest BCUT2D eigenvalue weighted by atomic mass is 9.55. The number of fused-ring (bicyclic) bond motifs is 5. The smallest absolute Gasteiger partial charge is 0.139 e. The Morgan fingerprint density at radius 2 is 2.10 bits per heavy atom. The zero-order valence-electron chi connectivity index (χ0n) is 12.4. The van der Waals surface area contributed by atoms with Crippen LogP contribution in [0.2, 0.25) is 0 Å². The first kappa shape index (κ1) is 13.3. The molecule has 0 aliphatic heterocycles. The van der Waals surface area contributed by atoms with Gasteiger partial charge in [0, 0.05) is 17.8 Å². The molecule has 0 heterocycles. The quantitative estimate of drug-likeness (QED) is 0.771. The molecule has 2 saturated carbocycles. The number of Topliss-reactive ketones (excluding diaryl/α,β-unsaturated/α-hetero) is 1. The van der Waals surface area contributed by atoms with E-state index in [1.54, 1.807) is 6.07 Å². The van der Waals surface area contributed by atoms with E-state index in [-0.39, 0.29) is 17.1 Å². The van der Waals surface area contributed by atoms with Crippen LogP contribution in [0, 0.1) is 17.3 Å². The second-order valence-corrected chi connectivity index (χ2v) is 7.40. The van der Waals surface area contributed by atoms with E-state index < -0.39 is 6.10 Å². The number of ketones is 1. The highest BCUT2D eigenvalue weighted by Gasteiger charge is 2.58. The van der Waals surface area contributed by atoms with Crippen molar-refractivity contribution < 1.29 is 15.0 Å². The number of aliphatic hydroxyl groups is 1. The lowest BCUT2D eigenvalue weighted by Gasteiger charge is -2.49. The number of phenols is 1. The summed E-state index contributed by atoms with van der Waals surface area (Å²) >= 11 is 0. The lowest BCUT2D eigenvalue weighted by Crippen LogP contribution is -2.45. The fourth-order valence-corrected chi connectivity index (χ4v) is 5.34. The van der Waals surface area contributed by atoms with Gasteiger partial charge in [0.15, 0.2) is 0 Å². The second-order valence-electron chi connectivity index (χ2n) is 7.40. The maximum atomic E-state index is 12.4. The molecule has 0 bridgehead atoms. The number of carbonyl (C=O) groups excluding carboxylic acids is 1. The summed E-state index contributed by atoms with van der Waals surface area (Å²) in [4.78, 5) is 12.4. The number of benzene rings is 1.